The van der Waals surface area contributed by atoms with E-state index >= 15 is 0 Å². The first-order valence-corrected chi connectivity index (χ1v) is 5.20. The van der Waals surface area contributed by atoms with Gasteiger partial charge in [0.1, 0.15) is 0 Å². The number of amides is 1. The molecule has 0 bridgehead atoms. The van der Waals surface area contributed by atoms with Crippen LogP contribution in [-0.4, -0.2) is 12.7 Å². The predicted molar refractivity (Wildman–Crippen MR) is 59.8 cm³/mol. The van der Waals surface area contributed by atoms with E-state index in [1.165, 1.54) is 0 Å². The van der Waals surface area contributed by atoms with Crippen molar-refractivity contribution < 1.29 is 9.53 Å². The Kier molecular flexibility index (Phi) is 4.22. The summed E-state index contributed by atoms with van der Waals surface area (Å²) in [6.07, 6.45) is -0.490. The maximum absolute atomic E-state index is 11.1. The smallest absolute Gasteiger partial charge is 0.411 e. The van der Waals surface area contributed by atoms with Crippen LogP contribution < -0.4 is 5.32 Å². The summed E-state index contributed by atoms with van der Waals surface area (Å²) in [7, 11) is 0. The molecule has 1 N–H and O–H groups in total. The number of nitrogens with one attached hydrogen (secondary N) is 1. The summed E-state index contributed by atoms with van der Waals surface area (Å²) in [5.41, 5.74) is 0.593. The molecule has 0 unspecified atom stereocenters. The van der Waals surface area contributed by atoms with Crippen LogP contribution in [0.25, 0.3) is 0 Å². The maximum atomic E-state index is 11.1. The highest BCUT2D eigenvalue weighted by Gasteiger charge is 2.07. The lowest BCUT2D eigenvalue weighted by molar-refractivity contribution is 0.168. The predicted octanol–water partition coefficient (Wildman–Crippen LogP) is 3.67. The molecule has 0 spiro atoms. The second kappa shape index (κ2) is 5.22. The first-order chi connectivity index (χ1) is 6.65. The number of halogens is 2. The van der Waals surface area contributed by atoms with E-state index in [4.69, 9.17) is 16.3 Å². The van der Waals surface area contributed by atoms with Crippen LogP contribution in [0, 0.1) is 0 Å². The number of carbonyl (C=O) groups excluding carboxylic acids is 1. The highest BCUT2D eigenvalue weighted by atomic mass is 79.9. The summed E-state index contributed by atoms with van der Waals surface area (Å²) in [6, 6.07) is 5.20. The Labute approximate surface area is 95.5 Å². The van der Waals surface area contributed by atoms with E-state index < -0.39 is 6.09 Å². The largest absolute Gasteiger partial charge is 0.450 e. The van der Waals surface area contributed by atoms with E-state index in [1.54, 1.807) is 25.1 Å². The highest BCUT2D eigenvalue weighted by Crippen LogP contribution is 2.29. The van der Waals surface area contributed by atoms with Crippen molar-refractivity contribution in [3.05, 3.63) is 27.7 Å². The first kappa shape index (κ1) is 11.3. The monoisotopic (exact) mass is 277 g/mol. The van der Waals surface area contributed by atoms with Crippen LogP contribution in [0.5, 0.6) is 0 Å². The Morgan fingerprint density at radius 1 is 1.64 bits per heavy atom. The number of ether oxygens (including phenoxy) is 1. The molecule has 0 aliphatic rings. The lowest BCUT2D eigenvalue weighted by Crippen LogP contribution is -2.13. The molecule has 1 amide bonds. The molecule has 14 heavy (non-hydrogen) atoms. The zero-order chi connectivity index (χ0) is 10.6. The second-order valence-corrected chi connectivity index (χ2v) is 3.65. The van der Waals surface area contributed by atoms with Crippen LogP contribution in [-0.2, 0) is 4.74 Å². The molecule has 0 atom stereocenters. The third-order valence-electron chi connectivity index (χ3n) is 1.46. The van der Waals surface area contributed by atoms with Crippen molar-refractivity contribution in [1.29, 1.82) is 0 Å². The van der Waals surface area contributed by atoms with Crippen molar-refractivity contribution in [3.63, 3.8) is 0 Å². The first-order valence-electron chi connectivity index (χ1n) is 4.03. The van der Waals surface area contributed by atoms with Gasteiger partial charge in [0.2, 0.25) is 0 Å². The van der Waals surface area contributed by atoms with Crippen molar-refractivity contribution in [2.24, 2.45) is 0 Å². The maximum Gasteiger partial charge on any atom is 0.411 e. The molecular weight excluding hydrogens is 269 g/mol. The number of rotatable bonds is 2. The van der Waals surface area contributed by atoms with Gasteiger partial charge in [-0.15, -0.1) is 0 Å². The minimum absolute atomic E-state index is 0.337. The van der Waals surface area contributed by atoms with E-state index in [9.17, 15) is 4.79 Å². The van der Waals surface area contributed by atoms with Crippen molar-refractivity contribution in [1.82, 2.24) is 0 Å². The van der Waals surface area contributed by atoms with Crippen molar-refractivity contribution in [3.8, 4) is 0 Å². The molecule has 1 aromatic carbocycles. The van der Waals surface area contributed by atoms with Crippen LogP contribution in [0.1, 0.15) is 6.92 Å². The third-order valence-corrected chi connectivity index (χ3v) is 2.86. The molecule has 0 aliphatic carbocycles. The minimum Gasteiger partial charge on any atom is -0.450 e. The molecule has 76 valence electrons. The van der Waals surface area contributed by atoms with Gasteiger partial charge in [-0.25, -0.2) is 4.79 Å². The molecular formula is C9H9BrClNO2. The lowest BCUT2D eigenvalue weighted by atomic mass is 10.3. The van der Waals surface area contributed by atoms with Crippen molar-refractivity contribution in [2.45, 2.75) is 6.92 Å². The van der Waals surface area contributed by atoms with Gasteiger partial charge in [0.25, 0.3) is 0 Å². The summed E-state index contributed by atoms with van der Waals surface area (Å²) < 4.78 is 5.37. The average Bonchev–Trinajstić information content (AvgIpc) is 2.13. The summed E-state index contributed by atoms with van der Waals surface area (Å²) in [5.74, 6) is 0. The number of carbonyl (C=O) groups is 1. The molecule has 1 rings (SSSR count). The summed E-state index contributed by atoms with van der Waals surface area (Å²) in [5, 5.41) is 3.10. The Morgan fingerprint density at radius 2 is 2.36 bits per heavy atom. The van der Waals surface area contributed by atoms with Crippen molar-refractivity contribution in [2.75, 3.05) is 11.9 Å². The number of hydrogen-bond donors (Lipinski definition) is 1. The minimum atomic E-state index is -0.490. The van der Waals surface area contributed by atoms with Gasteiger partial charge in [-0.05, 0) is 35.0 Å². The highest BCUT2D eigenvalue weighted by molar-refractivity contribution is 9.10. The van der Waals surface area contributed by atoms with Crippen molar-refractivity contribution >= 4 is 39.3 Å². The van der Waals surface area contributed by atoms with Gasteiger partial charge in [0.15, 0.2) is 0 Å². The van der Waals surface area contributed by atoms with Gasteiger partial charge >= 0.3 is 6.09 Å². The van der Waals surface area contributed by atoms with Crippen LogP contribution >= 0.6 is 27.5 Å². The van der Waals surface area contributed by atoms with Gasteiger partial charge in [-0.3, -0.25) is 5.32 Å². The Hall–Kier alpha value is -0.740. The average molecular weight is 279 g/mol. The summed E-state index contributed by atoms with van der Waals surface area (Å²) in [4.78, 5) is 11.1. The van der Waals surface area contributed by atoms with Gasteiger partial charge in [0, 0.05) is 0 Å². The third kappa shape index (κ3) is 2.89. The van der Waals surface area contributed by atoms with Crippen LogP contribution in [0.15, 0.2) is 22.7 Å². The van der Waals surface area contributed by atoms with E-state index in [0.29, 0.717) is 21.8 Å². The Balaban J connectivity index is 2.76. The Morgan fingerprint density at radius 3 is 3.00 bits per heavy atom. The number of benzene rings is 1. The normalized spacial score (nSPS) is 9.64. The SMILES string of the molecule is CCOC(=O)Nc1cccc(Cl)c1Br. The van der Waals surface area contributed by atoms with Gasteiger partial charge in [-0.1, -0.05) is 17.7 Å². The van der Waals surface area contributed by atoms with E-state index in [2.05, 4.69) is 21.2 Å². The standard InChI is InChI=1S/C9H9BrClNO2/c1-2-14-9(13)12-7-5-3-4-6(11)8(7)10/h3-5H,2H2,1H3,(H,12,13). The van der Waals surface area contributed by atoms with E-state index in [0.717, 1.165) is 0 Å². The topological polar surface area (TPSA) is 38.3 Å². The number of anilines is 1. The molecule has 0 saturated carbocycles. The van der Waals surface area contributed by atoms with Gasteiger partial charge < -0.3 is 4.74 Å². The molecule has 0 aliphatic heterocycles. The second-order valence-electron chi connectivity index (χ2n) is 2.45. The summed E-state index contributed by atoms with van der Waals surface area (Å²) >= 11 is 9.09. The Bertz CT molecular complexity index is 344. The fourth-order valence-corrected chi connectivity index (χ4v) is 1.42. The molecule has 1 aromatic rings. The fraction of sp³-hybridized carbons (Fsp3) is 0.222. The zero-order valence-corrected chi connectivity index (χ0v) is 9.85. The lowest BCUT2D eigenvalue weighted by Gasteiger charge is -2.07. The van der Waals surface area contributed by atoms with Gasteiger partial charge in [-0.2, -0.15) is 0 Å². The van der Waals surface area contributed by atoms with E-state index in [-0.39, 0.29) is 0 Å². The molecule has 0 aromatic heterocycles. The molecule has 3 nitrogen and oxygen atoms in total. The van der Waals surface area contributed by atoms with Crippen LogP contribution in [0.2, 0.25) is 5.02 Å². The van der Waals surface area contributed by atoms with Crippen LogP contribution in [0.3, 0.4) is 0 Å². The number of hydrogen-bond acceptors (Lipinski definition) is 2. The van der Waals surface area contributed by atoms with Gasteiger partial charge in [0.05, 0.1) is 21.8 Å². The summed E-state index contributed by atoms with van der Waals surface area (Å²) in [6.45, 7) is 2.08. The zero-order valence-electron chi connectivity index (χ0n) is 7.51. The molecule has 0 saturated heterocycles. The molecule has 5 heteroatoms. The fourth-order valence-electron chi connectivity index (χ4n) is 0.877. The molecule has 0 radical (unpaired) electrons. The molecule has 0 heterocycles. The van der Waals surface area contributed by atoms with E-state index in [1.807, 2.05) is 0 Å². The quantitative estimate of drug-likeness (QED) is 0.896. The molecule has 0 fully saturated rings. The van der Waals surface area contributed by atoms with Crippen LogP contribution in [0.4, 0.5) is 10.5 Å².